The predicted molar refractivity (Wildman–Crippen MR) is 91.7 cm³/mol. The van der Waals surface area contributed by atoms with Gasteiger partial charge in [-0.25, -0.2) is 4.98 Å². The quantitative estimate of drug-likeness (QED) is 0.828. The number of rotatable bonds is 5. The van der Waals surface area contributed by atoms with Crippen molar-refractivity contribution < 1.29 is 14.3 Å². The van der Waals surface area contributed by atoms with E-state index >= 15 is 0 Å². The van der Waals surface area contributed by atoms with Crippen molar-refractivity contribution in [1.82, 2.24) is 4.98 Å². The molecule has 1 N–H and O–H groups in total. The summed E-state index contributed by atoms with van der Waals surface area (Å²) in [6, 6.07) is 0. The Bertz CT molecular complexity index is 619. The van der Waals surface area contributed by atoms with Crippen LogP contribution in [0.3, 0.4) is 0 Å². The minimum atomic E-state index is -0.276. The summed E-state index contributed by atoms with van der Waals surface area (Å²) >= 11 is 1.39. The maximum absolute atomic E-state index is 13.0. The summed E-state index contributed by atoms with van der Waals surface area (Å²) in [5.74, 6) is 2.12. The van der Waals surface area contributed by atoms with Gasteiger partial charge in [0.1, 0.15) is 0 Å². The van der Waals surface area contributed by atoms with Gasteiger partial charge in [-0.3, -0.25) is 9.59 Å². The van der Waals surface area contributed by atoms with E-state index in [0.717, 1.165) is 37.0 Å². The first-order valence-electron chi connectivity index (χ1n) is 8.98. The molecule has 1 aromatic heterocycles. The van der Waals surface area contributed by atoms with Gasteiger partial charge in [0.15, 0.2) is 5.13 Å². The minimum absolute atomic E-state index is 0.152. The molecule has 4 bridgehead atoms. The molecule has 0 atom stereocenters. The summed E-state index contributed by atoms with van der Waals surface area (Å²) in [5.41, 5.74) is 0.501. The SMILES string of the molecule is CCOC(=O)Cc1csc(NC(=O)C23CC4CC(CC(C4)C2)C3)n1. The summed E-state index contributed by atoms with van der Waals surface area (Å²) < 4.78 is 4.94. The summed E-state index contributed by atoms with van der Waals surface area (Å²) in [4.78, 5) is 28.9. The molecule has 6 heteroatoms. The molecule has 4 aliphatic rings. The monoisotopic (exact) mass is 348 g/mol. The average Bonchev–Trinajstić information content (AvgIpc) is 2.93. The van der Waals surface area contributed by atoms with E-state index in [1.54, 1.807) is 6.92 Å². The van der Waals surface area contributed by atoms with Crippen LogP contribution in [0.25, 0.3) is 0 Å². The third-order valence-corrected chi connectivity index (χ3v) is 6.73. The highest BCUT2D eigenvalue weighted by Crippen LogP contribution is 2.60. The van der Waals surface area contributed by atoms with Crippen LogP contribution in [-0.4, -0.2) is 23.5 Å². The molecule has 0 aromatic carbocycles. The number of nitrogens with zero attached hydrogens (tertiary/aromatic N) is 1. The van der Waals surface area contributed by atoms with E-state index in [2.05, 4.69) is 10.3 Å². The Morgan fingerprint density at radius 3 is 2.46 bits per heavy atom. The molecule has 130 valence electrons. The molecule has 4 fully saturated rings. The molecule has 5 nitrogen and oxygen atoms in total. The molecule has 0 aliphatic heterocycles. The molecule has 0 radical (unpaired) electrons. The van der Waals surface area contributed by atoms with Gasteiger partial charge in [-0.05, 0) is 63.2 Å². The Labute approximate surface area is 146 Å². The maximum atomic E-state index is 13.0. The Morgan fingerprint density at radius 1 is 1.25 bits per heavy atom. The number of thiazole rings is 1. The second-order valence-corrected chi connectivity index (χ2v) is 8.64. The summed E-state index contributed by atoms with van der Waals surface area (Å²) in [7, 11) is 0. The molecule has 0 saturated heterocycles. The van der Waals surface area contributed by atoms with Gasteiger partial charge in [-0.2, -0.15) is 0 Å². The van der Waals surface area contributed by atoms with E-state index in [1.807, 2.05) is 5.38 Å². The normalized spacial score (nSPS) is 33.5. The van der Waals surface area contributed by atoms with E-state index < -0.39 is 0 Å². The van der Waals surface area contributed by atoms with Crippen molar-refractivity contribution in [3.05, 3.63) is 11.1 Å². The number of ether oxygens (including phenoxy) is 1. The second-order valence-electron chi connectivity index (χ2n) is 7.78. The molecule has 1 heterocycles. The molecule has 1 amide bonds. The zero-order valence-electron chi connectivity index (χ0n) is 14.0. The molecule has 1 aromatic rings. The highest BCUT2D eigenvalue weighted by atomic mass is 32.1. The highest BCUT2D eigenvalue weighted by molar-refractivity contribution is 7.13. The fraction of sp³-hybridized carbons (Fsp3) is 0.722. The van der Waals surface area contributed by atoms with Crippen molar-refractivity contribution in [2.24, 2.45) is 23.2 Å². The van der Waals surface area contributed by atoms with E-state index in [4.69, 9.17) is 4.74 Å². The lowest BCUT2D eigenvalue weighted by atomic mass is 9.49. The van der Waals surface area contributed by atoms with Gasteiger partial charge in [-0.1, -0.05) is 0 Å². The van der Waals surface area contributed by atoms with Gasteiger partial charge in [0, 0.05) is 5.38 Å². The lowest BCUT2D eigenvalue weighted by molar-refractivity contribution is -0.142. The van der Waals surface area contributed by atoms with Gasteiger partial charge >= 0.3 is 5.97 Å². The van der Waals surface area contributed by atoms with Crippen molar-refractivity contribution in [2.45, 2.75) is 51.9 Å². The fourth-order valence-corrected chi connectivity index (χ4v) is 6.13. The zero-order valence-corrected chi connectivity index (χ0v) is 14.9. The Hall–Kier alpha value is -1.43. The third-order valence-electron chi connectivity index (χ3n) is 5.92. The van der Waals surface area contributed by atoms with Gasteiger partial charge < -0.3 is 10.1 Å². The smallest absolute Gasteiger partial charge is 0.311 e. The molecule has 5 rings (SSSR count). The Morgan fingerprint density at radius 2 is 1.88 bits per heavy atom. The molecule has 0 unspecified atom stereocenters. The highest BCUT2D eigenvalue weighted by Gasteiger charge is 2.54. The number of carbonyl (C=O) groups is 2. The Balaban J connectivity index is 1.41. The standard InChI is InChI=1S/C18H24N2O3S/c1-2-23-15(21)6-14-10-24-17(19-14)20-16(22)18-7-11-3-12(8-18)5-13(4-11)9-18/h10-13H,2-9H2,1H3,(H,19,20,22). The molecule has 0 spiro atoms. The van der Waals surface area contributed by atoms with Crippen LogP contribution in [0.15, 0.2) is 5.38 Å². The maximum Gasteiger partial charge on any atom is 0.311 e. The largest absolute Gasteiger partial charge is 0.466 e. The van der Waals surface area contributed by atoms with Crippen molar-refractivity contribution in [3.8, 4) is 0 Å². The minimum Gasteiger partial charge on any atom is -0.466 e. The number of nitrogens with one attached hydrogen (secondary N) is 1. The van der Waals surface area contributed by atoms with Crippen LogP contribution in [0.5, 0.6) is 0 Å². The fourth-order valence-electron chi connectivity index (χ4n) is 5.42. The predicted octanol–water partition coefficient (Wildman–Crippen LogP) is 3.40. The number of aromatic nitrogens is 1. The van der Waals surface area contributed by atoms with Gasteiger partial charge in [0.25, 0.3) is 0 Å². The summed E-state index contributed by atoms with van der Waals surface area (Å²) in [6.45, 7) is 2.16. The van der Waals surface area contributed by atoms with Gasteiger partial charge in [0.2, 0.25) is 5.91 Å². The molecular weight excluding hydrogens is 324 g/mol. The molecule has 24 heavy (non-hydrogen) atoms. The number of hydrogen-bond donors (Lipinski definition) is 1. The number of hydrogen-bond acceptors (Lipinski definition) is 5. The van der Waals surface area contributed by atoms with Crippen molar-refractivity contribution in [3.63, 3.8) is 0 Å². The third kappa shape index (κ3) is 2.96. The van der Waals surface area contributed by atoms with Crippen LogP contribution in [0, 0.1) is 23.2 Å². The first-order valence-corrected chi connectivity index (χ1v) is 9.86. The molecule has 4 aliphatic carbocycles. The van der Waals surface area contributed by atoms with Gasteiger partial charge in [0.05, 0.1) is 24.1 Å². The number of amides is 1. The van der Waals surface area contributed by atoms with Crippen molar-refractivity contribution >= 4 is 28.3 Å². The lowest BCUT2D eigenvalue weighted by Crippen LogP contribution is -2.51. The molecular formula is C18H24N2O3S. The van der Waals surface area contributed by atoms with Crippen LogP contribution in [-0.2, 0) is 20.7 Å². The van der Waals surface area contributed by atoms with Crippen molar-refractivity contribution in [1.29, 1.82) is 0 Å². The zero-order chi connectivity index (χ0) is 16.7. The number of carbonyl (C=O) groups excluding carboxylic acids is 2. The first kappa shape index (κ1) is 16.1. The first-order chi connectivity index (χ1) is 11.6. The van der Waals surface area contributed by atoms with Crippen LogP contribution in [0.1, 0.15) is 51.1 Å². The Kier molecular flexibility index (Phi) is 4.11. The topological polar surface area (TPSA) is 68.3 Å². The molecule has 4 saturated carbocycles. The van der Waals surface area contributed by atoms with Gasteiger partial charge in [-0.15, -0.1) is 11.3 Å². The number of anilines is 1. The summed E-state index contributed by atoms with van der Waals surface area (Å²) in [6.07, 6.45) is 7.29. The van der Waals surface area contributed by atoms with Crippen LogP contribution < -0.4 is 5.32 Å². The van der Waals surface area contributed by atoms with E-state index in [9.17, 15) is 9.59 Å². The van der Waals surface area contributed by atoms with E-state index in [-0.39, 0.29) is 23.7 Å². The average molecular weight is 348 g/mol. The van der Waals surface area contributed by atoms with Crippen molar-refractivity contribution in [2.75, 3.05) is 11.9 Å². The van der Waals surface area contributed by atoms with Crippen LogP contribution >= 0.6 is 11.3 Å². The van der Waals surface area contributed by atoms with Crippen LogP contribution in [0.4, 0.5) is 5.13 Å². The van der Waals surface area contributed by atoms with Crippen LogP contribution in [0.2, 0.25) is 0 Å². The van der Waals surface area contributed by atoms with E-state index in [0.29, 0.717) is 17.4 Å². The lowest BCUT2D eigenvalue weighted by Gasteiger charge is -2.55. The second kappa shape index (κ2) is 6.14. The van der Waals surface area contributed by atoms with E-state index in [1.165, 1.54) is 30.6 Å². The number of esters is 1. The summed E-state index contributed by atoms with van der Waals surface area (Å²) in [5, 5.41) is 5.47.